The molecule has 3 amide bonds. The molecule has 0 fully saturated rings. The lowest BCUT2D eigenvalue weighted by molar-refractivity contribution is -0.118. The maximum atomic E-state index is 11.9. The summed E-state index contributed by atoms with van der Waals surface area (Å²) in [7, 11) is 0. The van der Waals surface area contributed by atoms with Crippen LogP contribution in [0.15, 0.2) is 42.5 Å². The van der Waals surface area contributed by atoms with Gasteiger partial charge in [-0.25, -0.2) is 0 Å². The van der Waals surface area contributed by atoms with Crippen molar-refractivity contribution in [3.8, 4) is 5.75 Å². The number of anilines is 1. The first-order valence-electron chi connectivity index (χ1n) is 6.78. The number of carbonyl (C=O) groups excluding carboxylic acids is 3. The molecule has 124 valence electrons. The highest BCUT2D eigenvalue weighted by atomic mass is 35.5. The van der Waals surface area contributed by atoms with Crippen LogP contribution in [0.4, 0.5) is 5.69 Å². The lowest BCUT2D eigenvalue weighted by atomic mass is 10.1. The zero-order valence-corrected chi connectivity index (χ0v) is 13.2. The first-order chi connectivity index (χ1) is 11.4. The topological polar surface area (TPSA) is 125 Å². The fraction of sp³-hybridized carbons (Fsp3) is 0.0625. The van der Waals surface area contributed by atoms with E-state index in [0.29, 0.717) is 10.8 Å². The van der Waals surface area contributed by atoms with Crippen LogP contribution in [0.3, 0.4) is 0 Å². The summed E-state index contributed by atoms with van der Waals surface area (Å²) in [6, 6.07) is 10.6. The van der Waals surface area contributed by atoms with Crippen molar-refractivity contribution >= 4 is 35.0 Å². The van der Waals surface area contributed by atoms with Crippen molar-refractivity contribution in [3.63, 3.8) is 0 Å². The molecule has 2 aromatic carbocycles. The summed E-state index contributed by atoms with van der Waals surface area (Å²) in [6.45, 7) is -0.309. The molecule has 7 nitrogen and oxygen atoms in total. The molecular formula is C16H14ClN3O4. The monoisotopic (exact) mass is 347 g/mol. The van der Waals surface area contributed by atoms with Gasteiger partial charge in [0.05, 0.1) is 5.02 Å². The summed E-state index contributed by atoms with van der Waals surface area (Å²) >= 11 is 5.92. The molecule has 0 saturated carbocycles. The van der Waals surface area contributed by atoms with Gasteiger partial charge >= 0.3 is 0 Å². The second-order valence-electron chi connectivity index (χ2n) is 4.79. The average molecular weight is 348 g/mol. The first-order valence-corrected chi connectivity index (χ1v) is 7.16. The number of hydrogen-bond acceptors (Lipinski definition) is 4. The molecule has 0 spiro atoms. The summed E-state index contributed by atoms with van der Waals surface area (Å²) in [5, 5.41) is 2.87. The van der Waals surface area contributed by atoms with Crippen molar-refractivity contribution in [2.45, 2.75) is 0 Å². The van der Waals surface area contributed by atoms with Crippen molar-refractivity contribution in [1.82, 2.24) is 0 Å². The van der Waals surface area contributed by atoms with Crippen LogP contribution in [-0.4, -0.2) is 24.3 Å². The Morgan fingerprint density at radius 2 is 1.58 bits per heavy atom. The molecule has 0 heterocycles. The van der Waals surface area contributed by atoms with Crippen LogP contribution in [-0.2, 0) is 4.79 Å². The molecule has 0 radical (unpaired) electrons. The number of carbonyl (C=O) groups is 3. The Bertz CT molecular complexity index is 775. The Balaban J connectivity index is 2.09. The predicted molar refractivity (Wildman–Crippen MR) is 89.1 cm³/mol. The molecule has 0 saturated heterocycles. The maximum Gasteiger partial charge on any atom is 0.262 e. The molecule has 0 bridgehead atoms. The van der Waals surface area contributed by atoms with Crippen LogP contribution >= 0.6 is 11.6 Å². The second kappa shape index (κ2) is 7.47. The standard InChI is InChI=1S/C16H14ClN3O4/c17-12-3-1-2-4-13(12)24-8-14(21)20-11-6-9(15(18)22)5-10(7-11)16(19)23/h1-7H,8H2,(H2,18,22)(H2,19,23)(H,20,21). The van der Waals surface area contributed by atoms with E-state index in [0.717, 1.165) is 0 Å². The van der Waals surface area contributed by atoms with Gasteiger partial charge in [-0.3, -0.25) is 14.4 Å². The normalized spacial score (nSPS) is 10.0. The van der Waals surface area contributed by atoms with Gasteiger partial charge in [-0.2, -0.15) is 0 Å². The van der Waals surface area contributed by atoms with Gasteiger partial charge in [0.25, 0.3) is 5.91 Å². The molecule has 2 rings (SSSR count). The average Bonchev–Trinajstić information content (AvgIpc) is 2.53. The number of rotatable bonds is 6. The fourth-order valence-corrected chi connectivity index (χ4v) is 2.08. The van der Waals surface area contributed by atoms with Crippen molar-refractivity contribution in [2.75, 3.05) is 11.9 Å². The van der Waals surface area contributed by atoms with Gasteiger partial charge in [-0.15, -0.1) is 0 Å². The van der Waals surface area contributed by atoms with E-state index < -0.39 is 17.7 Å². The highest BCUT2D eigenvalue weighted by Crippen LogP contribution is 2.23. The Morgan fingerprint density at radius 3 is 2.12 bits per heavy atom. The van der Waals surface area contributed by atoms with E-state index in [4.69, 9.17) is 27.8 Å². The van der Waals surface area contributed by atoms with E-state index in [1.54, 1.807) is 24.3 Å². The van der Waals surface area contributed by atoms with Crippen LogP contribution in [0, 0.1) is 0 Å². The van der Waals surface area contributed by atoms with Gasteiger partial charge in [0.15, 0.2) is 6.61 Å². The van der Waals surface area contributed by atoms with E-state index in [2.05, 4.69) is 5.32 Å². The van der Waals surface area contributed by atoms with Crippen LogP contribution in [0.5, 0.6) is 5.75 Å². The maximum absolute atomic E-state index is 11.9. The highest BCUT2D eigenvalue weighted by molar-refractivity contribution is 6.32. The molecular weight excluding hydrogens is 334 g/mol. The van der Waals surface area contributed by atoms with Gasteiger partial charge in [0, 0.05) is 16.8 Å². The Labute approximate surface area is 142 Å². The van der Waals surface area contributed by atoms with E-state index in [1.807, 2.05) is 0 Å². The Morgan fingerprint density at radius 1 is 1.00 bits per heavy atom. The number of nitrogens with one attached hydrogen (secondary N) is 1. The number of amides is 3. The number of halogens is 1. The van der Waals surface area contributed by atoms with Gasteiger partial charge in [-0.05, 0) is 30.3 Å². The third-order valence-electron chi connectivity index (χ3n) is 2.98. The van der Waals surface area contributed by atoms with Gasteiger partial charge < -0.3 is 21.5 Å². The Kier molecular flexibility index (Phi) is 5.39. The summed E-state index contributed by atoms with van der Waals surface area (Å²) < 4.78 is 5.30. The number of para-hydroxylation sites is 1. The van der Waals surface area contributed by atoms with Crippen LogP contribution in [0.1, 0.15) is 20.7 Å². The smallest absolute Gasteiger partial charge is 0.262 e. The number of nitrogens with two attached hydrogens (primary N) is 2. The zero-order chi connectivity index (χ0) is 17.7. The lowest BCUT2D eigenvalue weighted by Crippen LogP contribution is -2.22. The van der Waals surface area contributed by atoms with Crippen molar-refractivity contribution in [3.05, 3.63) is 58.6 Å². The number of primary amides is 2. The highest BCUT2D eigenvalue weighted by Gasteiger charge is 2.12. The SMILES string of the molecule is NC(=O)c1cc(NC(=O)COc2ccccc2Cl)cc(C(N)=O)c1. The first kappa shape index (κ1) is 17.3. The van der Waals surface area contributed by atoms with E-state index in [1.165, 1.54) is 18.2 Å². The minimum Gasteiger partial charge on any atom is -0.482 e. The molecule has 0 unspecified atom stereocenters. The Hall–Kier alpha value is -3.06. The molecule has 0 aromatic heterocycles. The number of hydrogen-bond donors (Lipinski definition) is 3. The van der Waals surface area contributed by atoms with Crippen LogP contribution in [0.25, 0.3) is 0 Å². The largest absolute Gasteiger partial charge is 0.482 e. The third kappa shape index (κ3) is 4.47. The molecule has 0 aliphatic heterocycles. The van der Waals surface area contributed by atoms with Gasteiger partial charge in [0.1, 0.15) is 5.75 Å². The van der Waals surface area contributed by atoms with E-state index in [9.17, 15) is 14.4 Å². The quantitative estimate of drug-likeness (QED) is 0.733. The lowest BCUT2D eigenvalue weighted by Gasteiger charge is -2.10. The third-order valence-corrected chi connectivity index (χ3v) is 3.29. The minimum atomic E-state index is -0.749. The number of benzene rings is 2. The summed E-state index contributed by atoms with van der Waals surface area (Å²) in [5.74, 6) is -1.65. The summed E-state index contributed by atoms with van der Waals surface area (Å²) in [5.41, 5.74) is 10.7. The minimum absolute atomic E-state index is 0.0497. The predicted octanol–water partition coefficient (Wildman–Crippen LogP) is 1.56. The fourth-order valence-electron chi connectivity index (χ4n) is 1.89. The van der Waals surface area contributed by atoms with Gasteiger partial charge in [0.2, 0.25) is 11.8 Å². The molecule has 24 heavy (non-hydrogen) atoms. The molecule has 0 aliphatic rings. The molecule has 5 N–H and O–H groups in total. The zero-order valence-electron chi connectivity index (χ0n) is 12.4. The van der Waals surface area contributed by atoms with E-state index >= 15 is 0 Å². The number of ether oxygens (including phenoxy) is 1. The van der Waals surface area contributed by atoms with Crippen LogP contribution < -0.4 is 21.5 Å². The van der Waals surface area contributed by atoms with Crippen molar-refractivity contribution < 1.29 is 19.1 Å². The molecule has 8 heteroatoms. The van der Waals surface area contributed by atoms with Crippen molar-refractivity contribution in [1.29, 1.82) is 0 Å². The van der Waals surface area contributed by atoms with Gasteiger partial charge in [-0.1, -0.05) is 23.7 Å². The summed E-state index contributed by atoms with van der Waals surface area (Å²) in [4.78, 5) is 34.5. The van der Waals surface area contributed by atoms with Crippen LogP contribution in [0.2, 0.25) is 5.02 Å². The molecule has 0 atom stereocenters. The molecule has 0 aliphatic carbocycles. The van der Waals surface area contributed by atoms with Crippen molar-refractivity contribution in [2.24, 2.45) is 11.5 Å². The van der Waals surface area contributed by atoms with E-state index in [-0.39, 0.29) is 23.4 Å². The second-order valence-corrected chi connectivity index (χ2v) is 5.20. The molecule has 2 aromatic rings. The summed E-state index contributed by atoms with van der Waals surface area (Å²) in [6.07, 6.45) is 0.